The van der Waals surface area contributed by atoms with Crippen LogP contribution in [-0.2, 0) is 14.3 Å². The van der Waals surface area contributed by atoms with Crippen molar-refractivity contribution in [1.82, 2.24) is 0 Å². The second-order valence-corrected chi connectivity index (χ2v) is 6.82. The van der Waals surface area contributed by atoms with Gasteiger partial charge in [-0.2, -0.15) is 0 Å². The lowest BCUT2D eigenvalue weighted by Gasteiger charge is -2.13. The van der Waals surface area contributed by atoms with Crippen molar-refractivity contribution >= 4 is 28.9 Å². The van der Waals surface area contributed by atoms with Gasteiger partial charge in [0.15, 0.2) is 11.5 Å². The maximum absolute atomic E-state index is 12.4. The Morgan fingerprint density at radius 3 is 2.36 bits per heavy atom. The van der Waals surface area contributed by atoms with E-state index in [2.05, 4.69) is 5.32 Å². The molecule has 28 heavy (non-hydrogen) atoms. The van der Waals surface area contributed by atoms with Crippen LogP contribution in [0.4, 0.5) is 5.69 Å². The molecule has 0 fully saturated rings. The predicted molar refractivity (Wildman–Crippen MR) is 109 cm³/mol. The van der Waals surface area contributed by atoms with E-state index >= 15 is 0 Å². The molecular weight excluding hydrogens is 382 g/mol. The van der Waals surface area contributed by atoms with Crippen LogP contribution in [0.2, 0.25) is 0 Å². The van der Waals surface area contributed by atoms with Gasteiger partial charge in [0, 0.05) is 12.0 Å². The van der Waals surface area contributed by atoms with Crippen molar-refractivity contribution in [2.75, 3.05) is 33.3 Å². The summed E-state index contributed by atoms with van der Waals surface area (Å²) in [4.78, 5) is 25.9. The molecule has 1 atom stereocenters. The Hall–Kier alpha value is -2.58. The average molecular weight is 407 g/mol. The maximum atomic E-state index is 12.4. The van der Waals surface area contributed by atoms with Gasteiger partial charge in [0.1, 0.15) is 11.0 Å². The van der Waals surface area contributed by atoms with E-state index < -0.39 is 12.1 Å². The Labute approximate surface area is 168 Å². The fourth-order valence-corrected chi connectivity index (χ4v) is 3.64. The number of nitrogens with one attached hydrogen (secondary N) is 1. The summed E-state index contributed by atoms with van der Waals surface area (Å²) in [5.41, 5.74) is 1.22. The highest BCUT2D eigenvalue weighted by Gasteiger charge is 2.23. The number of hydrogen-bond acceptors (Lipinski definition) is 7. The van der Waals surface area contributed by atoms with Gasteiger partial charge in [-0.05, 0) is 43.2 Å². The molecule has 0 saturated carbocycles. The third-order valence-electron chi connectivity index (χ3n) is 4.07. The first-order valence-corrected chi connectivity index (χ1v) is 9.67. The number of methoxy groups -OCH3 is 3. The molecule has 1 aromatic carbocycles. The fraction of sp³-hybridized carbons (Fsp3) is 0.400. The van der Waals surface area contributed by atoms with E-state index in [1.807, 2.05) is 19.1 Å². The lowest BCUT2D eigenvalue weighted by molar-refractivity contribution is -0.125. The SMILES string of the molecule is CCOC(=O)c1sc(-c2ccc(OC)c(OC)c2)cc1NC(=O)C(CC)OC. The van der Waals surface area contributed by atoms with Crippen molar-refractivity contribution in [2.24, 2.45) is 0 Å². The molecule has 7 nitrogen and oxygen atoms in total. The normalized spacial score (nSPS) is 11.6. The van der Waals surface area contributed by atoms with Crippen molar-refractivity contribution in [3.63, 3.8) is 0 Å². The van der Waals surface area contributed by atoms with E-state index in [-0.39, 0.29) is 12.5 Å². The van der Waals surface area contributed by atoms with E-state index in [9.17, 15) is 9.59 Å². The van der Waals surface area contributed by atoms with Crippen LogP contribution in [0.15, 0.2) is 24.3 Å². The van der Waals surface area contributed by atoms with Crippen molar-refractivity contribution < 1.29 is 28.5 Å². The van der Waals surface area contributed by atoms with E-state index in [4.69, 9.17) is 18.9 Å². The summed E-state index contributed by atoms with van der Waals surface area (Å²) in [6, 6.07) is 7.21. The molecule has 0 aliphatic carbocycles. The van der Waals surface area contributed by atoms with Crippen LogP contribution < -0.4 is 14.8 Å². The molecule has 0 radical (unpaired) electrons. The smallest absolute Gasteiger partial charge is 0.350 e. The number of amides is 1. The number of esters is 1. The first kappa shape index (κ1) is 21.7. The first-order valence-electron chi connectivity index (χ1n) is 8.85. The molecule has 2 aromatic rings. The average Bonchev–Trinajstić information content (AvgIpc) is 3.12. The molecule has 2 rings (SSSR count). The van der Waals surface area contributed by atoms with Crippen molar-refractivity contribution in [3.8, 4) is 21.9 Å². The second-order valence-electron chi connectivity index (χ2n) is 5.77. The van der Waals surface area contributed by atoms with E-state index in [1.165, 1.54) is 18.4 Å². The molecule has 0 aliphatic heterocycles. The molecule has 1 heterocycles. The number of anilines is 1. The van der Waals surface area contributed by atoms with Crippen LogP contribution in [0.5, 0.6) is 11.5 Å². The van der Waals surface area contributed by atoms with Gasteiger partial charge < -0.3 is 24.3 Å². The number of ether oxygens (including phenoxy) is 4. The number of benzene rings is 1. The second kappa shape index (κ2) is 10.1. The Bertz CT molecular complexity index is 828. The monoisotopic (exact) mass is 407 g/mol. The summed E-state index contributed by atoms with van der Waals surface area (Å²) in [5.74, 6) is 0.377. The number of rotatable bonds is 9. The first-order chi connectivity index (χ1) is 13.5. The van der Waals surface area contributed by atoms with Gasteiger partial charge in [-0.15, -0.1) is 11.3 Å². The summed E-state index contributed by atoms with van der Waals surface area (Å²) in [5, 5.41) is 2.78. The van der Waals surface area contributed by atoms with Gasteiger partial charge in [-0.25, -0.2) is 4.79 Å². The maximum Gasteiger partial charge on any atom is 0.350 e. The zero-order valence-electron chi connectivity index (χ0n) is 16.7. The molecule has 0 aliphatic rings. The van der Waals surface area contributed by atoms with Gasteiger partial charge in [-0.1, -0.05) is 6.92 Å². The number of carbonyl (C=O) groups excluding carboxylic acids is 2. The Morgan fingerprint density at radius 2 is 1.79 bits per heavy atom. The molecule has 1 aromatic heterocycles. The zero-order chi connectivity index (χ0) is 20.7. The van der Waals surface area contributed by atoms with Crippen molar-refractivity contribution in [2.45, 2.75) is 26.4 Å². The van der Waals surface area contributed by atoms with E-state index in [0.29, 0.717) is 28.5 Å². The Kier molecular flexibility index (Phi) is 7.83. The van der Waals surface area contributed by atoms with Gasteiger partial charge in [0.2, 0.25) is 0 Å². The zero-order valence-corrected chi connectivity index (χ0v) is 17.5. The van der Waals surface area contributed by atoms with Crippen LogP contribution in [0, 0.1) is 0 Å². The number of carbonyl (C=O) groups is 2. The fourth-order valence-electron chi connectivity index (χ4n) is 2.64. The van der Waals surface area contributed by atoms with Gasteiger partial charge in [0.05, 0.1) is 26.5 Å². The van der Waals surface area contributed by atoms with Gasteiger partial charge >= 0.3 is 5.97 Å². The van der Waals surface area contributed by atoms with Crippen LogP contribution in [0.25, 0.3) is 10.4 Å². The van der Waals surface area contributed by atoms with Gasteiger partial charge in [0.25, 0.3) is 5.91 Å². The minimum atomic E-state index is -0.598. The van der Waals surface area contributed by atoms with Crippen LogP contribution >= 0.6 is 11.3 Å². The third-order valence-corrected chi connectivity index (χ3v) is 5.23. The van der Waals surface area contributed by atoms with Crippen molar-refractivity contribution in [3.05, 3.63) is 29.1 Å². The third kappa shape index (κ3) is 4.82. The van der Waals surface area contributed by atoms with E-state index in [1.54, 1.807) is 33.3 Å². The lowest BCUT2D eigenvalue weighted by atomic mass is 10.1. The molecular formula is C20H25NO6S. The summed E-state index contributed by atoms with van der Waals surface area (Å²) in [6.45, 7) is 3.82. The summed E-state index contributed by atoms with van der Waals surface area (Å²) < 4.78 is 20.9. The van der Waals surface area contributed by atoms with Crippen LogP contribution in [-0.4, -0.2) is 45.9 Å². The molecule has 0 spiro atoms. The van der Waals surface area contributed by atoms with Crippen LogP contribution in [0.1, 0.15) is 29.9 Å². The quantitative estimate of drug-likeness (QED) is 0.633. The van der Waals surface area contributed by atoms with Gasteiger partial charge in [-0.3, -0.25) is 4.79 Å². The molecule has 0 saturated heterocycles. The topological polar surface area (TPSA) is 83.1 Å². The predicted octanol–water partition coefficient (Wildman–Crippen LogP) is 3.97. The largest absolute Gasteiger partial charge is 0.493 e. The highest BCUT2D eigenvalue weighted by molar-refractivity contribution is 7.18. The summed E-state index contributed by atoms with van der Waals surface area (Å²) in [6.07, 6.45) is -0.0801. The van der Waals surface area contributed by atoms with E-state index in [0.717, 1.165) is 10.4 Å². The molecule has 1 unspecified atom stereocenters. The lowest BCUT2D eigenvalue weighted by Crippen LogP contribution is -2.29. The Balaban J connectivity index is 2.44. The molecule has 1 amide bonds. The summed E-state index contributed by atoms with van der Waals surface area (Å²) in [7, 11) is 4.60. The van der Waals surface area contributed by atoms with Crippen molar-refractivity contribution in [1.29, 1.82) is 0 Å². The minimum Gasteiger partial charge on any atom is -0.493 e. The number of hydrogen-bond donors (Lipinski definition) is 1. The number of thiophene rings is 1. The Morgan fingerprint density at radius 1 is 1.07 bits per heavy atom. The molecule has 1 N–H and O–H groups in total. The minimum absolute atomic E-state index is 0.242. The molecule has 8 heteroatoms. The highest BCUT2D eigenvalue weighted by Crippen LogP contribution is 2.39. The molecule has 152 valence electrons. The highest BCUT2D eigenvalue weighted by atomic mass is 32.1. The molecule has 0 bridgehead atoms. The standard InChI is InChI=1S/C20H25NO6S/c1-6-14(24-3)19(22)21-13-11-17(28-18(13)20(23)27-7-2)12-8-9-15(25-4)16(10-12)26-5/h8-11,14H,6-7H2,1-5H3,(H,21,22). The summed E-state index contributed by atoms with van der Waals surface area (Å²) >= 11 is 1.24. The van der Waals surface area contributed by atoms with Crippen LogP contribution in [0.3, 0.4) is 0 Å².